The molecule has 0 radical (unpaired) electrons. The highest BCUT2D eigenvalue weighted by atomic mass is 32.2. The van der Waals surface area contributed by atoms with E-state index in [1.54, 1.807) is 6.07 Å². The third-order valence-electron chi connectivity index (χ3n) is 4.29. The van der Waals surface area contributed by atoms with Crippen molar-refractivity contribution in [2.75, 3.05) is 4.90 Å². The van der Waals surface area contributed by atoms with Crippen molar-refractivity contribution in [2.24, 2.45) is 0 Å². The molecule has 0 fully saturated rings. The second-order valence-corrected chi connectivity index (χ2v) is 8.17. The molecular weight excluding hydrogens is 374 g/mol. The van der Waals surface area contributed by atoms with E-state index in [4.69, 9.17) is 0 Å². The molecule has 0 saturated carbocycles. The van der Waals surface area contributed by atoms with Crippen LogP contribution >= 0.6 is 23.1 Å². The van der Waals surface area contributed by atoms with E-state index in [0.29, 0.717) is 21.9 Å². The zero-order valence-electron chi connectivity index (χ0n) is 14.7. The third-order valence-corrected chi connectivity index (χ3v) is 6.33. The second kappa shape index (κ2) is 7.55. The summed E-state index contributed by atoms with van der Waals surface area (Å²) in [5.41, 5.74) is 3.26. The summed E-state index contributed by atoms with van der Waals surface area (Å²) in [6, 6.07) is 21.3. The van der Waals surface area contributed by atoms with Gasteiger partial charge in [-0.05, 0) is 41.6 Å². The number of carbonyl (C=O) groups is 2. The van der Waals surface area contributed by atoms with Gasteiger partial charge in [-0.3, -0.25) is 9.59 Å². The summed E-state index contributed by atoms with van der Waals surface area (Å²) < 4.78 is 0. The monoisotopic (exact) mass is 391 g/mol. The van der Waals surface area contributed by atoms with Gasteiger partial charge < -0.3 is 0 Å². The first-order chi connectivity index (χ1) is 13.1. The molecule has 1 aromatic heterocycles. The third kappa shape index (κ3) is 3.48. The first kappa shape index (κ1) is 17.8. The van der Waals surface area contributed by atoms with Gasteiger partial charge in [0.25, 0.3) is 11.8 Å². The fourth-order valence-electron chi connectivity index (χ4n) is 3.01. The summed E-state index contributed by atoms with van der Waals surface area (Å²) in [6.07, 6.45) is 0. The lowest BCUT2D eigenvalue weighted by atomic mass is 10.2. The number of nitrogens with zero attached hydrogens (tertiary/aromatic N) is 1. The molecular formula is C22H17NO2S2. The van der Waals surface area contributed by atoms with Crippen LogP contribution in [0.2, 0.25) is 0 Å². The number of hydrogen-bond acceptors (Lipinski definition) is 4. The minimum atomic E-state index is -0.247. The number of amides is 2. The van der Waals surface area contributed by atoms with Crippen molar-refractivity contribution in [3.05, 3.63) is 93.0 Å². The number of thiophene rings is 1. The molecule has 0 spiro atoms. The number of thioether (sulfide) groups is 1. The predicted molar refractivity (Wildman–Crippen MR) is 113 cm³/mol. The summed E-state index contributed by atoms with van der Waals surface area (Å²) in [6.45, 7) is 1.95. The van der Waals surface area contributed by atoms with E-state index >= 15 is 0 Å². The van der Waals surface area contributed by atoms with E-state index in [1.165, 1.54) is 28.0 Å². The molecule has 0 saturated heterocycles. The summed E-state index contributed by atoms with van der Waals surface area (Å²) >= 11 is 2.91. The van der Waals surface area contributed by atoms with Gasteiger partial charge in [-0.15, -0.1) is 23.1 Å². The zero-order chi connectivity index (χ0) is 18.8. The van der Waals surface area contributed by atoms with Crippen LogP contribution in [0.4, 0.5) is 5.69 Å². The smallest absolute Gasteiger partial charge is 0.268 e. The average Bonchev–Trinajstić information content (AvgIpc) is 3.27. The largest absolute Gasteiger partial charge is 0.272 e. The van der Waals surface area contributed by atoms with Crippen LogP contribution in [-0.2, 0) is 15.3 Å². The van der Waals surface area contributed by atoms with Crippen molar-refractivity contribution >= 4 is 46.2 Å². The van der Waals surface area contributed by atoms with Gasteiger partial charge in [-0.1, -0.05) is 48.5 Å². The Labute approximate surface area is 166 Å². The molecule has 0 bridgehead atoms. The van der Waals surface area contributed by atoms with Crippen LogP contribution in [-0.4, -0.2) is 11.8 Å². The fourth-order valence-corrected chi connectivity index (χ4v) is 4.91. The minimum absolute atomic E-state index is 0.241. The van der Waals surface area contributed by atoms with Gasteiger partial charge in [-0.2, -0.15) is 0 Å². The Morgan fingerprint density at radius 2 is 1.74 bits per heavy atom. The lowest BCUT2D eigenvalue weighted by molar-refractivity contribution is -0.119. The lowest BCUT2D eigenvalue weighted by Crippen LogP contribution is -2.31. The highest BCUT2D eigenvalue weighted by molar-refractivity contribution is 8.03. The number of hydrogen-bond donors (Lipinski definition) is 0. The van der Waals surface area contributed by atoms with Crippen LogP contribution in [0.3, 0.4) is 0 Å². The molecule has 4 rings (SSSR count). The van der Waals surface area contributed by atoms with Gasteiger partial charge in [0, 0.05) is 10.6 Å². The standard InChI is InChI=1S/C22H17NO2S2/c1-15-7-5-10-17(13-15)23-21(24)19(18-11-6-12-26-18)20(22(23)25)27-14-16-8-3-2-4-9-16/h2-13H,14H2,1H3. The van der Waals surface area contributed by atoms with Crippen LogP contribution in [0.15, 0.2) is 77.0 Å². The summed E-state index contributed by atoms with van der Waals surface area (Å²) in [7, 11) is 0. The van der Waals surface area contributed by atoms with E-state index in [2.05, 4.69) is 0 Å². The minimum Gasteiger partial charge on any atom is -0.268 e. The van der Waals surface area contributed by atoms with Gasteiger partial charge in [-0.25, -0.2) is 4.90 Å². The van der Waals surface area contributed by atoms with E-state index in [9.17, 15) is 9.59 Å². The van der Waals surface area contributed by atoms with E-state index in [0.717, 1.165) is 16.0 Å². The molecule has 27 heavy (non-hydrogen) atoms. The Morgan fingerprint density at radius 3 is 2.44 bits per heavy atom. The molecule has 0 unspecified atom stereocenters. The summed E-state index contributed by atoms with van der Waals surface area (Å²) in [4.78, 5) is 29.0. The van der Waals surface area contributed by atoms with Crippen LogP contribution in [0.25, 0.3) is 5.57 Å². The first-order valence-electron chi connectivity index (χ1n) is 8.55. The van der Waals surface area contributed by atoms with Crippen LogP contribution in [0.1, 0.15) is 16.0 Å². The predicted octanol–water partition coefficient (Wildman–Crippen LogP) is 5.27. The van der Waals surface area contributed by atoms with E-state index in [1.807, 2.05) is 73.0 Å². The maximum atomic E-state index is 13.2. The molecule has 5 heteroatoms. The molecule has 1 aliphatic rings. The Hall–Kier alpha value is -2.63. The number of anilines is 1. The van der Waals surface area contributed by atoms with Gasteiger partial charge >= 0.3 is 0 Å². The Balaban J connectivity index is 1.72. The Bertz CT molecular complexity index is 1020. The number of imide groups is 1. The average molecular weight is 392 g/mol. The van der Waals surface area contributed by atoms with Gasteiger partial charge in [0.15, 0.2) is 0 Å². The molecule has 1 aliphatic heterocycles. The van der Waals surface area contributed by atoms with Crippen molar-refractivity contribution in [1.82, 2.24) is 0 Å². The van der Waals surface area contributed by atoms with Crippen molar-refractivity contribution in [3.8, 4) is 0 Å². The van der Waals surface area contributed by atoms with Crippen LogP contribution in [0.5, 0.6) is 0 Å². The molecule has 134 valence electrons. The molecule has 2 heterocycles. The van der Waals surface area contributed by atoms with E-state index in [-0.39, 0.29) is 11.8 Å². The lowest BCUT2D eigenvalue weighted by Gasteiger charge is -2.15. The molecule has 2 amide bonds. The van der Waals surface area contributed by atoms with Crippen molar-refractivity contribution in [3.63, 3.8) is 0 Å². The molecule has 2 aromatic carbocycles. The number of aryl methyl sites for hydroxylation is 1. The quantitative estimate of drug-likeness (QED) is 0.556. The van der Waals surface area contributed by atoms with E-state index < -0.39 is 0 Å². The van der Waals surface area contributed by atoms with Gasteiger partial charge in [0.1, 0.15) is 0 Å². The molecule has 0 N–H and O–H groups in total. The number of carbonyl (C=O) groups excluding carboxylic acids is 2. The fraction of sp³-hybridized carbons (Fsp3) is 0.0909. The summed E-state index contributed by atoms with van der Waals surface area (Å²) in [5.74, 6) is 0.157. The van der Waals surface area contributed by atoms with Crippen molar-refractivity contribution in [2.45, 2.75) is 12.7 Å². The first-order valence-corrected chi connectivity index (χ1v) is 10.4. The SMILES string of the molecule is Cc1cccc(N2C(=O)C(SCc3ccccc3)=C(c3cccs3)C2=O)c1. The maximum Gasteiger partial charge on any atom is 0.272 e. The molecule has 0 aliphatic carbocycles. The molecule has 3 aromatic rings. The second-order valence-electron chi connectivity index (χ2n) is 6.24. The zero-order valence-corrected chi connectivity index (χ0v) is 16.3. The highest BCUT2D eigenvalue weighted by Crippen LogP contribution is 2.40. The van der Waals surface area contributed by atoms with Crippen LogP contribution < -0.4 is 4.90 Å². The molecule has 0 atom stereocenters. The Morgan fingerprint density at radius 1 is 0.926 bits per heavy atom. The highest BCUT2D eigenvalue weighted by Gasteiger charge is 2.40. The topological polar surface area (TPSA) is 37.4 Å². The maximum absolute atomic E-state index is 13.2. The summed E-state index contributed by atoms with van der Waals surface area (Å²) in [5, 5.41) is 1.93. The number of rotatable bonds is 5. The van der Waals surface area contributed by atoms with Gasteiger partial charge in [0.05, 0.1) is 16.2 Å². The Kier molecular flexibility index (Phi) is 4.97. The normalized spacial score (nSPS) is 14.3. The van der Waals surface area contributed by atoms with Crippen molar-refractivity contribution in [1.29, 1.82) is 0 Å². The van der Waals surface area contributed by atoms with Gasteiger partial charge in [0.2, 0.25) is 0 Å². The van der Waals surface area contributed by atoms with Crippen LogP contribution in [0, 0.1) is 6.92 Å². The van der Waals surface area contributed by atoms with Crippen molar-refractivity contribution < 1.29 is 9.59 Å². The number of benzene rings is 2. The molecule has 3 nitrogen and oxygen atoms in total.